The third-order valence-electron chi connectivity index (χ3n) is 5.31. The van der Waals surface area contributed by atoms with Crippen LogP contribution < -0.4 is 14.4 Å². The van der Waals surface area contributed by atoms with E-state index in [0.717, 1.165) is 5.56 Å². The van der Waals surface area contributed by atoms with Crippen molar-refractivity contribution in [3.8, 4) is 5.75 Å². The molecule has 3 aromatic carbocycles. The highest BCUT2D eigenvalue weighted by Crippen LogP contribution is 2.36. The van der Waals surface area contributed by atoms with Crippen molar-refractivity contribution in [2.45, 2.75) is 23.8 Å². The molecule has 0 bridgehead atoms. The summed E-state index contributed by atoms with van der Waals surface area (Å²) in [5.41, 5.74) is 1.54. The van der Waals surface area contributed by atoms with Gasteiger partial charge in [0.2, 0.25) is 0 Å². The minimum absolute atomic E-state index is 0.0974. The fourth-order valence-corrected chi connectivity index (χ4v) is 5.05. The normalized spacial score (nSPS) is 16.7. The van der Waals surface area contributed by atoms with Crippen molar-refractivity contribution >= 4 is 21.6 Å². The van der Waals surface area contributed by atoms with Gasteiger partial charge in [-0.25, -0.2) is 8.42 Å². The van der Waals surface area contributed by atoms with Crippen molar-refractivity contribution in [3.63, 3.8) is 0 Å². The molecule has 1 N–H and O–H groups in total. The number of anilines is 1. The van der Waals surface area contributed by atoms with Gasteiger partial charge in [-0.05, 0) is 35.7 Å². The van der Waals surface area contributed by atoms with Crippen molar-refractivity contribution in [2.75, 3.05) is 17.4 Å². The third kappa shape index (κ3) is 4.41. The molecule has 0 aromatic heterocycles. The Kier molecular flexibility index (Phi) is 5.95. The molecule has 0 unspecified atom stereocenters. The number of benzene rings is 3. The number of ether oxygens (including phenoxy) is 1. The summed E-state index contributed by atoms with van der Waals surface area (Å²) < 4.78 is 33.7. The van der Waals surface area contributed by atoms with Crippen LogP contribution in [0.15, 0.2) is 89.8 Å². The van der Waals surface area contributed by atoms with E-state index < -0.39 is 16.1 Å². The minimum Gasteiger partial charge on any atom is -0.476 e. The molecule has 0 radical (unpaired) electrons. The molecule has 0 spiro atoms. The smallest absolute Gasteiger partial charge is 0.264 e. The number of rotatable bonds is 6. The fourth-order valence-electron chi connectivity index (χ4n) is 3.55. The largest absolute Gasteiger partial charge is 0.476 e. The molecule has 7 heteroatoms. The van der Waals surface area contributed by atoms with Crippen LogP contribution in [0.3, 0.4) is 0 Å². The van der Waals surface area contributed by atoms with E-state index in [4.69, 9.17) is 4.74 Å². The van der Waals surface area contributed by atoms with Gasteiger partial charge in [0.15, 0.2) is 6.10 Å². The molecule has 3 aromatic rings. The molecule has 1 aliphatic rings. The fraction of sp³-hybridized carbons (Fsp3) is 0.208. The van der Waals surface area contributed by atoms with Gasteiger partial charge in [-0.15, -0.1) is 0 Å². The molecule has 0 saturated heterocycles. The molecule has 1 heterocycles. The summed E-state index contributed by atoms with van der Waals surface area (Å²) in [5, 5.41) is 2.91. The van der Waals surface area contributed by atoms with Gasteiger partial charge in [0.05, 0.1) is 17.1 Å². The first-order valence-corrected chi connectivity index (χ1v) is 11.6. The number of para-hydroxylation sites is 2. The van der Waals surface area contributed by atoms with Gasteiger partial charge in [-0.3, -0.25) is 9.10 Å². The number of nitrogens with zero attached hydrogens (tertiary/aromatic N) is 1. The zero-order valence-electron chi connectivity index (χ0n) is 17.1. The predicted octanol–water partition coefficient (Wildman–Crippen LogP) is 3.56. The second kappa shape index (κ2) is 8.81. The van der Waals surface area contributed by atoms with Crippen LogP contribution in [0.1, 0.15) is 18.4 Å². The van der Waals surface area contributed by atoms with Gasteiger partial charge < -0.3 is 10.1 Å². The van der Waals surface area contributed by atoms with Crippen LogP contribution in [0.5, 0.6) is 5.75 Å². The monoisotopic (exact) mass is 436 g/mol. The summed E-state index contributed by atoms with van der Waals surface area (Å²) in [6, 6.07) is 25.0. The number of carbonyl (C=O) groups is 1. The van der Waals surface area contributed by atoms with Crippen molar-refractivity contribution in [3.05, 3.63) is 90.5 Å². The van der Waals surface area contributed by atoms with Gasteiger partial charge in [-0.2, -0.15) is 0 Å². The Morgan fingerprint density at radius 1 is 1.00 bits per heavy atom. The zero-order chi connectivity index (χ0) is 21.8. The summed E-state index contributed by atoms with van der Waals surface area (Å²) in [7, 11) is -3.84. The number of hydrogen-bond acceptors (Lipinski definition) is 4. The maximum atomic E-state index is 13.3. The molecule has 1 amide bonds. The van der Waals surface area contributed by atoms with E-state index in [2.05, 4.69) is 5.32 Å². The first-order chi connectivity index (χ1) is 15.0. The molecule has 0 aliphatic carbocycles. The number of amides is 1. The molecule has 0 saturated carbocycles. The number of fused-ring (bicyclic) bond motifs is 1. The molecule has 160 valence electrons. The van der Waals surface area contributed by atoms with Crippen LogP contribution in [0.4, 0.5) is 5.69 Å². The Morgan fingerprint density at radius 2 is 1.61 bits per heavy atom. The predicted molar refractivity (Wildman–Crippen MR) is 120 cm³/mol. The SMILES string of the molecule is C[C@@H](CNC(=O)[C@H]1CN(S(=O)(=O)c2ccccc2)c2ccccc2O1)c1ccccc1. The van der Waals surface area contributed by atoms with Crippen LogP contribution in [0.2, 0.25) is 0 Å². The third-order valence-corrected chi connectivity index (χ3v) is 7.10. The van der Waals surface area contributed by atoms with Gasteiger partial charge >= 0.3 is 0 Å². The first kappa shape index (κ1) is 20.9. The van der Waals surface area contributed by atoms with E-state index in [9.17, 15) is 13.2 Å². The van der Waals surface area contributed by atoms with Crippen molar-refractivity contribution in [2.24, 2.45) is 0 Å². The molecule has 1 aliphatic heterocycles. The van der Waals surface area contributed by atoms with Crippen molar-refractivity contribution in [1.82, 2.24) is 5.32 Å². The summed E-state index contributed by atoms with van der Waals surface area (Å²) in [4.78, 5) is 13.1. The van der Waals surface area contributed by atoms with Crippen LogP contribution in [-0.4, -0.2) is 33.5 Å². The first-order valence-electron chi connectivity index (χ1n) is 10.1. The molecular formula is C24H24N2O4S. The van der Waals surface area contributed by atoms with Crippen LogP contribution in [0.25, 0.3) is 0 Å². The molecule has 4 rings (SSSR count). The average molecular weight is 437 g/mol. The number of carbonyl (C=O) groups excluding carboxylic acids is 1. The highest BCUT2D eigenvalue weighted by molar-refractivity contribution is 7.92. The van der Waals surface area contributed by atoms with E-state index in [1.54, 1.807) is 54.6 Å². The highest BCUT2D eigenvalue weighted by atomic mass is 32.2. The quantitative estimate of drug-likeness (QED) is 0.641. The Bertz CT molecular complexity index is 1150. The van der Waals surface area contributed by atoms with Gasteiger partial charge in [0.25, 0.3) is 15.9 Å². The standard InChI is InChI=1S/C24H24N2O4S/c1-18(19-10-4-2-5-11-19)16-25-24(27)23-17-26(21-14-8-9-15-22(21)30-23)31(28,29)20-12-6-3-7-13-20/h2-15,18,23H,16-17H2,1H3,(H,25,27)/t18-,23+/m0/s1. The lowest BCUT2D eigenvalue weighted by molar-refractivity contribution is -0.127. The average Bonchev–Trinajstić information content (AvgIpc) is 2.82. The van der Waals surface area contributed by atoms with Gasteiger partial charge in [0, 0.05) is 6.54 Å². The van der Waals surface area contributed by atoms with E-state index in [1.807, 2.05) is 37.3 Å². The lowest BCUT2D eigenvalue weighted by Gasteiger charge is -2.34. The minimum atomic E-state index is -3.84. The highest BCUT2D eigenvalue weighted by Gasteiger charge is 2.37. The summed E-state index contributed by atoms with van der Waals surface area (Å²) in [6.07, 6.45) is -0.948. The van der Waals surface area contributed by atoms with Crippen LogP contribution >= 0.6 is 0 Å². The maximum Gasteiger partial charge on any atom is 0.264 e. The Balaban J connectivity index is 1.55. The lowest BCUT2D eigenvalue weighted by atomic mass is 10.0. The van der Waals surface area contributed by atoms with Crippen LogP contribution in [-0.2, 0) is 14.8 Å². The molecule has 2 atom stereocenters. The molecular weight excluding hydrogens is 412 g/mol. The van der Waals surface area contributed by atoms with Crippen LogP contribution in [0, 0.1) is 0 Å². The van der Waals surface area contributed by atoms with Crippen molar-refractivity contribution < 1.29 is 17.9 Å². The van der Waals surface area contributed by atoms with E-state index in [-0.39, 0.29) is 23.3 Å². The maximum absolute atomic E-state index is 13.3. The lowest BCUT2D eigenvalue weighted by Crippen LogP contribution is -2.51. The van der Waals surface area contributed by atoms with E-state index in [1.165, 1.54) is 4.31 Å². The second-order valence-electron chi connectivity index (χ2n) is 7.48. The zero-order valence-corrected chi connectivity index (χ0v) is 18.0. The molecule has 0 fully saturated rings. The summed E-state index contributed by atoms with van der Waals surface area (Å²) in [6.45, 7) is 2.36. The molecule has 6 nitrogen and oxygen atoms in total. The second-order valence-corrected chi connectivity index (χ2v) is 9.34. The Hall–Kier alpha value is -3.32. The number of nitrogens with one attached hydrogen (secondary N) is 1. The van der Waals surface area contributed by atoms with Gasteiger partial charge in [0.1, 0.15) is 5.75 Å². The molecule has 31 heavy (non-hydrogen) atoms. The van der Waals surface area contributed by atoms with E-state index in [0.29, 0.717) is 18.0 Å². The van der Waals surface area contributed by atoms with Gasteiger partial charge in [-0.1, -0.05) is 67.6 Å². The summed E-state index contributed by atoms with van der Waals surface area (Å²) in [5.74, 6) is 0.139. The Labute approximate surface area is 182 Å². The van der Waals surface area contributed by atoms with E-state index >= 15 is 0 Å². The Morgan fingerprint density at radius 3 is 2.32 bits per heavy atom. The summed E-state index contributed by atoms with van der Waals surface area (Å²) >= 11 is 0. The number of hydrogen-bond donors (Lipinski definition) is 1. The number of sulfonamides is 1. The topological polar surface area (TPSA) is 75.7 Å². The van der Waals surface area contributed by atoms with Crippen molar-refractivity contribution in [1.29, 1.82) is 0 Å².